The van der Waals surface area contributed by atoms with Crippen LogP contribution in [0.3, 0.4) is 0 Å². The highest BCUT2D eigenvalue weighted by atomic mass is 32.2. The second-order valence-corrected chi connectivity index (χ2v) is 10.8. The Hall–Kier alpha value is -3.44. The lowest BCUT2D eigenvalue weighted by molar-refractivity contribution is -0.124. The summed E-state index contributed by atoms with van der Waals surface area (Å²) in [6.07, 6.45) is 6.30. The van der Waals surface area contributed by atoms with Gasteiger partial charge in [0.15, 0.2) is 0 Å². The van der Waals surface area contributed by atoms with Crippen LogP contribution in [0, 0.1) is 0 Å². The van der Waals surface area contributed by atoms with Crippen LogP contribution in [0.5, 0.6) is 5.75 Å². The summed E-state index contributed by atoms with van der Waals surface area (Å²) in [5.41, 5.74) is 3.85. The molecule has 10 heteroatoms. The first-order valence-electron chi connectivity index (χ1n) is 12.1. The number of aromatic nitrogens is 1. The monoisotopic (exact) mass is 524 g/mol. The third-order valence-electron chi connectivity index (χ3n) is 6.33. The lowest BCUT2D eigenvalue weighted by Gasteiger charge is -2.32. The van der Waals surface area contributed by atoms with Crippen molar-refractivity contribution in [2.24, 2.45) is 0 Å². The third-order valence-corrected chi connectivity index (χ3v) is 7.98. The Bertz CT molecular complexity index is 1310. The van der Waals surface area contributed by atoms with E-state index in [1.54, 1.807) is 30.3 Å². The van der Waals surface area contributed by atoms with E-state index in [-0.39, 0.29) is 4.90 Å². The summed E-state index contributed by atoms with van der Waals surface area (Å²) in [7, 11) is -1.63. The van der Waals surface area contributed by atoms with E-state index >= 15 is 0 Å². The molecule has 2 heterocycles. The molecule has 37 heavy (non-hydrogen) atoms. The van der Waals surface area contributed by atoms with E-state index in [1.807, 2.05) is 24.3 Å². The minimum atomic E-state index is -3.78. The third kappa shape index (κ3) is 7.07. The Morgan fingerprint density at radius 3 is 2.30 bits per heavy atom. The van der Waals surface area contributed by atoms with E-state index in [2.05, 4.69) is 16.8 Å². The molecule has 0 radical (unpaired) electrons. The first-order valence-corrected chi connectivity index (χ1v) is 13.6. The van der Waals surface area contributed by atoms with E-state index in [9.17, 15) is 13.2 Å². The zero-order valence-corrected chi connectivity index (χ0v) is 21.6. The Balaban J connectivity index is 1.32. The minimum Gasteiger partial charge on any atom is -0.494 e. The fourth-order valence-electron chi connectivity index (χ4n) is 4.08. The fourth-order valence-corrected chi connectivity index (χ4v) is 5.29. The van der Waals surface area contributed by atoms with Crippen molar-refractivity contribution in [1.29, 1.82) is 0 Å². The van der Waals surface area contributed by atoms with Crippen LogP contribution in [0.15, 0.2) is 78.0 Å². The van der Waals surface area contributed by atoms with Gasteiger partial charge in [0, 0.05) is 51.2 Å². The van der Waals surface area contributed by atoms with Crippen molar-refractivity contribution in [3.05, 3.63) is 78.6 Å². The molecule has 0 aliphatic carbocycles. The fraction of sp³-hybridized carbons (Fsp3) is 0.296. The normalized spacial score (nSPS) is 15.2. The van der Waals surface area contributed by atoms with Crippen molar-refractivity contribution < 1.29 is 23.2 Å². The van der Waals surface area contributed by atoms with Gasteiger partial charge in [-0.15, -0.1) is 0 Å². The van der Waals surface area contributed by atoms with Gasteiger partial charge in [0.25, 0.3) is 15.9 Å². The first-order chi connectivity index (χ1) is 17.8. The van der Waals surface area contributed by atoms with Gasteiger partial charge in [-0.2, -0.15) is 0 Å². The summed E-state index contributed by atoms with van der Waals surface area (Å²) in [6.45, 7) is 6.18. The van der Waals surface area contributed by atoms with Crippen molar-refractivity contribution in [2.45, 2.75) is 11.3 Å². The zero-order chi connectivity index (χ0) is 26.3. The van der Waals surface area contributed by atoms with Crippen LogP contribution >= 0.6 is 0 Å². The molecule has 2 aromatic carbocycles. The van der Waals surface area contributed by atoms with Crippen LogP contribution < -0.4 is 10.2 Å². The van der Waals surface area contributed by atoms with E-state index in [4.69, 9.17) is 9.94 Å². The molecule has 1 aliphatic heterocycles. The van der Waals surface area contributed by atoms with E-state index < -0.39 is 15.9 Å². The first kappa shape index (κ1) is 26.6. The highest BCUT2D eigenvalue weighted by molar-refractivity contribution is 7.90. The van der Waals surface area contributed by atoms with E-state index in [1.165, 1.54) is 23.9 Å². The number of amides is 1. The average Bonchev–Trinajstić information content (AvgIpc) is 3.41. The molecule has 1 aliphatic rings. The highest BCUT2D eigenvalue weighted by Gasteiger charge is 2.17. The lowest BCUT2D eigenvalue weighted by atomic mass is 10.1. The minimum absolute atomic E-state index is 0.149. The molecule has 4 rings (SSSR count). The summed E-state index contributed by atoms with van der Waals surface area (Å²) in [5.74, 6) is 0.113. The molecule has 3 aromatic rings. The number of nitrogens with zero attached hydrogens (tertiary/aromatic N) is 3. The average molecular weight is 525 g/mol. The highest BCUT2D eigenvalue weighted by Crippen LogP contribution is 2.25. The van der Waals surface area contributed by atoms with E-state index in [0.29, 0.717) is 12.2 Å². The van der Waals surface area contributed by atoms with Crippen molar-refractivity contribution in [2.75, 3.05) is 46.4 Å². The standard InChI is InChI=1S/C27H32N4O5S/c1-29-16-18-30(19-17-29)14-2-20-36-25-8-4-23(5-9-25)24-6-10-26(11-7-24)37(34,35)31-15-13-22(21-31)3-12-27(32)28-33/h3-13,15,21,33H,2,14,16-20H2,1H3,(H,28,32)/b12-3+. The van der Waals surface area contributed by atoms with Gasteiger partial charge in [-0.3, -0.25) is 10.0 Å². The summed E-state index contributed by atoms with van der Waals surface area (Å²) in [5, 5.41) is 8.54. The molecular formula is C27H32N4O5S. The molecule has 1 fully saturated rings. The van der Waals surface area contributed by atoms with Gasteiger partial charge in [0.2, 0.25) is 0 Å². The largest absolute Gasteiger partial charge is 0.494 e. The van der Waals surface area contributed by atoms with Gasteiger partial charge >= 0.3 is 0 Å². The van der Waals surface area contributed by atoms with Crippen LogP contribution in [0.4, 0.5) is 0 Å². The topological polar surface area (TPSA) is 104 Å². The molecule has 1 aromatic heterocycles. The number of nitrogens with one attached hydrogen (secondary N) is 1. The zero-order valence-electron chi connectivity index (χ0n) is 20.8. The Morgan fingerprint density at radius 2 is 1.65 bits per heavy atom. The number of benzene rings is 2. The molecule has 1 amide bonds. The number of ether oxygens (including phenoxy) is 1. The van der Waals surface area contributed by atoms with Crippen molar-refractivity contribution in [3.8, 4) is 16.9 Å². The number of rotatable bonds is 10. The molecule has 196 valence electrons. The molecule has 9 nitrogen and oxygen atoms in total. The molecule has 0 spiro atoms. The lowest BCUT2D eigenvalue weighted by Crippen LogP contribution is -2.44. The molecular weight excluding hydrogens is 492 g/mol. The number of carbonyl (C=O) groups is 1. The molecule has 0 unspecified atom stereocenters. The predicted octanol–water partition coefficient (Wildman–Crippen LogP) is 2.93. The van der Waals surface area contributed by atoms with Crippen LogP contribution in [-0.2, 0) is 14.8 Å². The van der Waals surface area contributed by atoms with Gasteiger partial charge in [0.05, 0.1) is 11.5 Å². The van der Waals surface area contributed by atoms with Crippen LogP contribution in [0.1, 0.15) is 12.0 Å². The second-order valence-electron chi connectivity index (χ2n) is 8.98. The van der Waals surface area contributed by atoms with Crippen LogP contribution in [0.2, 0.25) is 0 Å². The Morgan fingerprint density at radius 1 is 1.00 bits per heavy atom. The summed E-state index contributed by atoms with van der Waals surface area (Å²) in [4.78, 5) is 16.1. The quantitative estimate of drug-likeness (QED) is 0.182. The number of hydrogen-bond acceptors (Lipinski definition) is 7. The Labute approximate surface area is 217 Å². The maximum Gasteiger partial charge on any atom is 0.267 e. The summed E-state index contributed by atoms with van der Waals surface area (Å²) >= 11 is 0. The van der Waals surface area contributed by atoms with E-state index in [0.717, 1.165) is 66.1 Å². The summed E-state index contributed by atoms with van der Waals surface area (Å²) in [6, 6.07) is 16.0. The van der Waals surface area contributed by atoms with Gasteiger partial charge in [0.1, 0.15) is 5.75 Å². The predicted molar refractivity (Wildman–Crippen MR) is 142 cm³/mol. The number of hydroxylamine groups is 1. The maximum atomic E-state index is 13.0. The molecule has 2 N–H and O–H groups in total. The number of carbonyl (C=O) groups excluding carboxylic acids is 1. The SMILES string of the molecule is CN1CCN(CCCOc2ccc(-c3ccc(S(=O)(=O)n4ccc(/C=C/C(=O)NO)c4)cc3)cc2)CC1. The van der Waals surface area contributed by atoms with Gasteiger partial charge in [-0.05, 0) is 66.6 Å². The Kier molecular flexibility index (Phi) is 8.78. The number of hydrogen-bond donors (Lipinski definition) is 2. The van der Waals surface area contributed by atoms with Crippen LogP contribution in [0.25, 0.3) is 17.2 Å². The van der Waals surface area contributed by atoms with Gasteiger partial charge < -0.3 is 14.5 Å². The smallest absolute Gasteiger partial charge is 0.267 e. The molecule has 0 atom stereocenters. The van der Waals surface area contributed by atoms with Gasteiger partial charge in [-0.25, -0.2) is 17.9 Å². The second kappa shape index (κ2) is 12.2. The molecule has 1 saturated heterocycles. The van der Waals surface area contributed by atoms with Crippen molar-refractivity contribution >= 4 is 22.0 Å². The van der Waals surface area contributed by atoms with Crippen molar-refractivity contribution in [3.63, 3.8) is 0 Å². The maximum absolute atomic E-state index is 13.0. The molecule has 0 bridgehead atoms. The summed E-state index contributed by atoms with van der Waals surface area (Å²) < 4.78 is 32.9. The number of piperazine rings is 1. The van der Waals surface area contributed by atoms with Crippen molar-refractivity contribution in [1.82, 2.24) is 19.3 Å². The van der Waals surface area contributed by atoms with Gasteiger partial charge in [-0.1, -0.05) is 24.3 Å². The van der Waals surface area contributed by atoms with Crippen LogP contribution in [-0.4, -0.2) is 79.7 Å². The molecule has 0 saturated carbocycles. The number of likely N-dealkylation sites (N-methyl/N-ethyl adjacent to an activating group) is 1.